The van der Waals surface area contributed by atoms with Gasteiger partial charge in [0.25, 0.3) is 10.0 Å². The molecule has 18 heavy (non-hydrogen) atoms. The lowest BCUT2D eigenvalue weighted by molar-refractivity contribution is -0.144. The Morgan fingerprint density at radius 2 is 1.61 bits per heavy atom. The molecule has 0 aliphatic rings. The summed E-state index contributed by atoms with van der Waals surface area (Å²) in [5.74, 6) is -0.865. The van der Waals surface area contributed by atoms with Crippen LogP contribution in [0.3, 0.4) is 0 Å². The van der Waals surface area contributed by atoms with Crippen molar-refractivity contribution in [2.45, 2.75) is 16.7 Å². The molecule has 1 rings (SSSR count). The number of nitrogens with one attached hydrogen (secondary N) is 1. The SMILES string of the molecule is CC(=O)ONS(=O)(=O)c1ccccc1S(C)(=O)=O. The Kier molecular flexibility index (Phi) is 4.09. The van der Waals surface area contributed by atoms with Crippen molar-refractivity contribution in [2.75, 3.05) is 6.26 Å². The van der Waals surface area contributed by atoms with E-state index in [-0.39, 0.29) is 4.90 Å². The monoisotopic (exact) mass is 293 g/mol. The van der Waals surface area contributed by atoms with Gasteiger partial charge in [-0.1, -0.05) is 12.1 Å². The smallest absolute Gasteiger partial charge is 0.323 e. The maximum absolute atomic E-state index is 11.8. The van der Waals surface area contributed by atoms with Crippen LogP contribution in [0, 0.1) is 0 Å². The van der Waals surface area contributed by atoms with Crippen LogP contribution in [-0.2, 0) is 29.5 Å². The number of carbonyl (C=O) groups excluding carboxylic acids is 1. The van der Waals surface area contributed by atoms with E-state index in [9.17, 15) is 21.6 Å². The van der Waals surface area contributed by atoms with E-state index in [2.05, 4.69) is 4.84 Å². The zero-order valence-electron chi connectivity index (χ0n) is 9.58. The lowest BCUT2D eigenvalue weighted by atomic mass is 10.4. The van der Waals surface area contributed by atoms with E-state index in [1.807, 2.05) is 0 Å². The zero-order valence-corrected chi connectivity index (χ0v) is 11.2. The molecule has 1 aromatic rings. The molecule has 0 unspecified atom stereocenters. The molecule has 0 amide bonds. The highest BCUT2D eigenvalue weighted by Gasteiger charge is 2.24. The van der Waals surface area contributed by atoms with Crippen LogP contribution in [0.1, 0.15) is 6.92 Å². The van der Waals surface area contributed by atoms with Crippen LogP contribution < -0.4 is 4.89 Å². The fraction of sp³-hybridized carbons (Fsp3) is 0.222. The summed E-state index contributed by atoms with van der Waals surface area (Å²) in [4.78, 5) is 15.4. The first kappa shape index (κ1) is 14.6. The Balaban J connectivity index is 3.30. The molecule has 0 atom stereocenters. The van der Waals surface area contributed by atoms with Gasteiger partial charge in [-0.2, -0.15) is 0 Å². The predicted molar refractivity (Wildman–Crippen MR) is 61.6 cm³/mol. The standard InChI is InChI=1S/C9H11NO6S2/c1-7(11)16-10-18(14,15)9-6-4-3-5-8(9)17(2,12)13/h3-6,10H,1-2H3. The Morgan fingerprint density at radius 3 is 2.06 bits per heavy atom. The number of rotatable bonds is 4. The number of carbonyl (C=O) groups is 1. The Bertz CT molecular complexity index is 662. The maximum atomic E-state index is 11.8. The van der Waals surface area contributed by atoms with Crippen LogP contribution in [0.25, 0.3) is 0 Å². The molecule has 0 aliphatic carbocycles. The van der Waals surface area contributed by atoms with Crippen LogP contribution >= 0.6 is 0 Å². The highest BCUT2D eigenvalue weighted by molar-refractivity contribution is 7.93. The van der Waals surface area contributed by atoms with E-state index in [0.29, 0.717) is 0 Å². The van der Waals surface area contributed by atoms with Crippen LogP contribution in [0.5, 0.6) is 0 Å². The second-order valence-corrected chi connectivity index (χ2v) is 7.00. The van der Waals surface area contributed by atoms with E-state index >= 15 is 0 Å². The predicted octanol–water partition coefficient (Wildman–Crippen LogP) is -0.154. The van der Waals surface area contributed by atoms with Crippen molar-refractivity contribution in [1.29, 1.82) is 0 Å². The molecule has 100 valence electrons. The first-order valence-electron chi connectivity index (χ1n) is 4.63. The third kappa shape index (κ3) is 3.52. The quantitative estimate of drug-likeness (QED) is 0.773. The van der Waals surface area contributed by atoms with E-state index in [0.717, 1.165) is 25.3 Å². The number of hydrogen-bond acceptors (Lipinski definition) is 6. The van der Waals surface area contributed by atoms with Crippen molar-refractivity contribution in [3.8, 4) is 0 Å². The van der Waals surface area contributed by atoms with Gasteiger partial charge in [0, 0.05) is 13.2 Å². The summed E-state index contributed by atoms with van der Waals surface area (Å²) in [6.45, 7) is 1.00. The average molecular weight is 293 g/mol. The van der Waals surface area contributed by atoms with Gasteiger partial charge >= 0.3 is 5.97 Å². The van der Waals surface area contributed by atoms with Crippen molar-refractivity contribution in [3.63, 3.8) is 0 Å². The number of sulfone groups is 1. The molecule has 1 N–H and O–H groups in total. The molecule has 0 aliphatic heterocycles. The van der Waals surface area contributed by atoms with Crippen molar-refractivity contribution in [3.05, 3.63) is 24.3 Å². The minimum atomic E-state index is -4.24. The second-order valence-electron chi connectivity index (χ2n) is 3.40. The minimum Gasteiger partial charge on any atom is -0.356 e. The molecular formula is C9H11NO6S2. The molecule has 7 nitrogen and oxygen atoms in total. The van der Waals surface area contributed by atoms with Gasteiger partial charge in [0.15, 0.2) is 9.84 Å². The summed E-state index contributed by atoms with van der Waals surface area (Å²) < 4.78 is 46.4. The first-order chi connectivity index (χ1) is 8.14. The van der Waals surface area contributed by atoms with Gasteiger partial charge in [0.2, 0.25) is 0 Å². The van der Waals surface area contributed by atoms with Gasteiger partial charge in [-0.05, 0) is 17.0 Å². The van der Waals surface area contributed by atoms with Gasteiger partial charge in [-0.25, -0.2) is 16.8 Å². The van der Waals surface area contributed by atoms with E-state index in [1.165, 1.54) is 12.1 Å². The number of benzene rings is 1. The average Bonchev–Trinajstić information content (AvgIpc) is 2.25. The van der Waals surface area contributed by atoms with E-state index in [4.69, 9.17) is 0 Å². The topological polar surface area (TPSA) is 107 Å². The molecule has 0 bridgehead atoms. The van der Waals surface area contributed by atoms with E-state index < -0.39 is 30.7 Å². The van der Waals surface area contributed by atoms with Crippen LogP contribution in [0.4, 0.5) is 0 Å². The van der Waals surface area contributed by atoms with E-state index in [1.54, 1.807) is 4.89 Å². The summed E-state index contributed by atoms with van der Waals surface area (Å²) in [6, 6.07) is 5.00. The molecule has 0 radical (unpaired) electrons. The highest BCUT2D eigenvalue weighted by Crippen LogP contribution is 2.20. The lowest BCUT2D eigenvalue weighted by Gasteiger charge is -2.09. The Hall–Kier alpha value is -1.45. The minimum absolute atomic E-state index is 0.371. The third-order valence-electron chi connectivity index (χ3n) is 1.83. The summed E-state index contributed by atoms with van der Waals surface area (Å²) in [5.41, 5.74) is 0. The largest absolute Gasteiger partial charge is 0.356 e. The van der Waals surface area contributed by atoms with Gasteiger partial charge < -0.3 is 4.84 Å². The van der Waals surface area contributed by atoms with Gasteiger partial charge in [0.1, 0.15) is 4.90 Å². The third-order valence-corrected chi connectivity index (χ3v) is 4.36. The Labute approximate surface area is 105 Å². The number of hydrogen-bond donors (Lipinski definition) is 1. The van der Waals surface area contributed by atoms with Crippen molar-refractivity contribution < 1.29 is 26.5 Å². The lowest BCUT2D eigenvalue weighted by Crippen LogP contribution is -2.27. The van der Waals surface area contributed by atoms with Gasteiger partial charge in [-0.15, -0.1) is 0 Å². The normalized spacial score (nSPS) is 12.1. The summed E-state index contributed by atoms with van der Waals surface area (Å²) in [5, 5.41) is 0. The van der Waals surface area contributed by atoms with Crippen LogP contribution in [0.2, 0.25) is 0 Å². The fourth-order valence-corrected chi connectivity index (χ4v) is 3.59. The molecule has 0 aromatic heterocycles. The highest BCUT2D eigenvalue weighted by atomic mass is 32.2. The van der Waals surface area contributed by atoms with Gasteiger partial charge in [-0.3, -0.25) is 4.79 Å². The summed E-state index contributed by atoms with van der Waals surface area (Å²) in [6.07, 6.45) is 0.882. The molecular weight excluding hydrogens is 282 g/mol. The number of sulfonamides is 1. The summed E-state index contributed by atoms with van der Waals surface area (Å²) in [7, 11) is -7.96. The van der Waals surface area contributed by atoms with Crippen molar-refractivity contribution >= 4 is 25.8 Å². The fourth-order valence-electron chi connectivity index (χ4n) is 1.14. The van der Waals surface area contributed by atoms with Gasteiger partial charge in [0.05, 0.1) is 4.90 Å². The maximum Gasteiger partial charge on any atom is 0.323 e. The molecule has 0 heterocycles. The molecule has 0 fully saturated rings. The first-order valence-corrected chi connectivity index (χ1v) is 8.00. The molecule has 0 spiro atoms. The van der Waals surface area contributed by atoms with Crippen LogP contribution in [0.15, 0.2) is 34.1 Å². The zero-order chi connectivity index (χ0) is 14.0. The second kappa shape index (κ2) is 5.04. The van der Waals surface area contributed by atoms with Crippen molar-refractivity contribution in [2.24, 2.45) is 0 Å². The molecule has 0 saturated carbocycles. The van der Waals surface area contributed by atoms with Crippen molar-refractivity contribution in [1.82, 2.24) is 4.89 Å². The molecule has 1 aromatic carbocycles. The Morgan fingerprint density at radius 1 is 1.11 bits per heavy atom. The summed E-state index contributed by atoms with van der Waals surface area (Å²) >= 11 is 0. The molecule has 0 saturated heterocycles. The molecule has 9 heteroatoms. The van der Waals surface area contributed by atoms with Crippen LogP contribution in [-0.4, -0.2) is 29.1 Å².